The lowest BCUT2D eigenvalue weighted by Crippen LogP contribution is -2.13. The van der Waals surface area contributed by atoms with Gasteiger partial charge in [0.2, 0.25) is 11.8 Å². The Morgan fingerprint density at radius 3 is 2.90 bits per heavy atom. The Hall–Kier alpha value is -2.02. The zero-order valence-electron chi connectivity index (χ0n) is 11.3. The van der Waals surface area contributed by atoms with E-state index in [0.717, 1.165) is 10.6 Å². The Kier molecular flexibility index (Phi) is 4.62. The first-order valence-electron chi connectivity index (χ1n) is 6.15. The lowest BCUT2D eigenvalue weighted by molar-refractivity contribution is -0.113. The fraction of sp³-hybridized carbons (Fsp3) is 0.308. The van der Waals surface area contributed by atoms with Gasteiger partial charge in [0.15, 0.2) is 0 Å². The summed E-state index contributed by atoms with van der Waals surface area (Å²) in [5.41, 5.74) is 6.31. The molecule has 0 radical (unpaired) electrons. The van der Waals surface area contributed by atoms with Crippen LogP contribution in [-0.2, 0) is 4.79 Å². The summed E-state index contributed by atoms with van der Waals surface area (Å²) >= 11 is 1.38. The van der Waals surface area contributed by atoms with Crippen molar-refractivity contribution < 1.29 is 9.32 Å². The Bertz CT molecular complexity index is 580. The highest BCUT2D eigenvalue weighted by molar-refractivity contribution is 8.00. The summed E-state index contributed by atoms with van der Waals surface area (Å²) in [5.74, 6) is 1.21. The minimum Gasteiger partial charge on any atom is -0.384 e. The maximum absolute atomic E-state index is 11.8. The normalized spacial score (nSPS) is 10.8. The molecule has 6 nitrogen and oxygen atoms in total. The number of thioether (sulfide) groups is 1. The van der Waals surface area contributed by atoms with Gasteiger partial charge in [0.25, 0.3) is 0 Å². The molecule has 2 aromatic heterocycles. The minimum atomic E-state index is -0.154. The van der Waals surface area contributed by atoms with Gasteiger partial charge in [-0.05, 0) is 18.1 Å². The van der Waals surface area contributed by atoms with Gasteiger partial charge in [-0.15, -0.1) is 11.8 Å². The van der Waals surface area contributed by atoms with Crippen LogP contribution in [0.4, 0.5) is 11.7 Å². The summed E-state index contributed by atoms with van der Waals surface area (Å²) in [4.78, 5) is 16.6. The van der Waals surface area contributed by atoms with Crippen LogP contribution in [0.2, 0.25) is 0 Å². The number of hydrogen-bond donors (Lipinski definition) is 2. The second-order valence-electron chi connectivity index (χ2n) is 4.53. The van der Waals surface area contributed by atoms with Crippen molar-refractivity contribution in [3.8, 4) is 0 Å². The van der Waals surface area contributed by atoms with Crippen LogP contribution in [-0.4, -0.2) is 21.8 Å². The predicted molar refractivity (Wildman–Crippen MR) is 78.6 cm³/mol. The average molecular weight is 292 g/mol. The molecule has 0 saturated heterocycles. The van der Waals surface area contributed by atoms with E-state index >= 15 is 0 Å². The number of amides is 1. The van der Waals surface area contributed by atoms with Crippen LogP contribution in [0.15, 0.2) is 33.8 Å². The van der Waals surface area contributed by atoms with E-state index in [1.807, 2.05) is 19.9 Å². The van der Waals surface area contributed by atoms with E-state index in [4.69, 9.17) is 10.3 Å². The molecule has 0 aliphatic rings. The van der Waals surface area contributed by atoms with Gasteiger partial charge in [-0.3, -0.25) is 10.1 Å². The molecule has 0 saturated carbocycles. The number of pyridine rings is 1. The third-order valence-corrected chi connectivity index (χ3v) is 3.49. The summed E-state index contributed by atoms with van der Waals surface area (Å²) in [6.45, 7) is 4.01. The molecule has 1 amide bonds. The van der Waals surface area contributed by atoms with Crippen LogP contribution in [0.1, 0.15) is 25.5 Å². The zero-order valence-corrected chi connectivity index (χ0v) is 12.1. The molecule has 0 bridgehead atoms. The van der Waals surface area contributed by atoms with Crippen LogP contribution >= 0.6 is 11.8 Å². The van der Waals surface area contributed by atoms with Crippen molar-refractivity contribution in [1.82, 2.24) is 10.1 Å². The maximum Gasteiger partial charge on any atom is 0.237 e. The summed E-state index contributed by atoms with van der Waals surface area (Å²) in [6, 6.07) is 5.26. The monoisotopic (exact) mass is 292 g/mol. The first-order valence-corrected chi connectivity index (χ1v) is 7.14. The molecule has 2 aromatic rings. The first-order chi connectivity index (χ1) is 9.54. The lowest BCUT2D eigenvalue weighted by atomic mass is 10.1. The van der Waals surface area contributed by atoms with Gasteiger partial charge in [0, 0.05) is 17.2 Å². The van der Waals surface area contributed by atoms with Crippen molar-refractivity contribution in [3.05, 3.63) is 30.1 Å². The third-order valence-electron chi connectivity index (χ3n) is 2.51. The fourth-order valence-electron chi connectivity index (χ4n) is 1.42. The largest absolute Gasteiger partial charge is 0.384 e. The quantitative estimate of drug-likeness (QED) is 0.822. The van der Waals surface area contributed by atoms with Crippen LogP contribution in [0.3, 0.4) is 0 Å². The van der Waals surface area contributed by atoms with E-state index in [0.29, 0.717) is 11.7 Å². The van der Waals surface area contributed by atoms with Crippen LogP contribution < -0.4 is 11.1 Å². The number of nitrogens with one attached hydrogen (secondary N) is 1. The first kappa shape index (κ1) is 14.4. The van der Waals surface area contributed by atoms with Crippen molar-refractivity contribution >= 4 is 29.4 Å². The molecule has 0 unspecified atom stereocenters. The number of carbonyl (C=O) groups is 1. The standard InChI is InChI=1S/C13H16N4O2S/c1-8(2)10-5-13(19-17-10)16-12(18)7-20-9-3-4-11(14)15-6-9/h3-6,8H,7H2,1-2H3,(H2,14,15)(H,16,18). The maximum atomic E-state index is 11.8. The lowest BCUT2D eigenvalue weighted by Gasteiger charge is -2.01. The molecule has 106 valence electrons. The zero-order chi connectivity index (χ0) is 14.5. The van der Waals surface area contributed by atoms with Crippen molar-refractivity contribution in [2.24, 2.45) is 0 Å². The van der Waals surface area contributed by atoms with Crippen molar-refractivity contribution in [2.45, 2.75) is 24.7 Å². The molecule has 3 N–H and O–H groups in total. The van der Waals surface area contributed by atoms with Crippen molar-refractivity contribution in [1.29, 1.82) is 0 Å². The molecule has 2 heterocycles. The Labute approximate surface area is 121 Å². The molecule has 0 aliphatic carbocycles. The molecule has 0 atom stereocenters. The summed E-state index contributed by atoms with van der Waals surface area (Å²) in [6.07, 6.45) is 1.64. The molecular weight excluding hydrogens is 276 g/mol. The minimum absolute atomic E-state index is 0.154. The van der Waals surface area contributed by atoms with Gasteiger partial charge in [0.1, 0.15) is 5.82 Å². The summed E-state index contributed by atoms with van der Waals surface area (Å²) < 4.78 is 5.04. The van der Waals surface area contributed by atoms with Gasteiger partial charge in [-0.1, -0.05) is 19.0 Å². The van der Waals surface area contributed by atoms with E-state index in [1.54, 1.807) is 18.3 Å². The number of aromatic nitrogens is 2. The number of nitrogen functional groups attached to an aromatic ring is 1. The topological polar surface area (TPSA) is 94.0 Å². The highest BCUT2D eigenvalue weighted by Crippen LogP contribution is 2.20. The Balaban J connectivity index is 1.84. The Morgan fingerprint density at radius 1 is 1.50 bits per heavy atom. The van der Waals surface area contributed by atoms with Gasteiger partial charge < -0.3 is 10.3 Å². The summed E-state index contributed by atoms with van der Waals surface area (Å²) in [7, 11) is 0. The van der Waals surface area contributed by atoms with E-state index in [2.05, 4.69) is 15.5 Å². The molecule has 0 aliphatic heterocycles. The number of rotatable bonds is 5. The number of hydrogen-bond acceptors (Lipinski definition) is 6. The average Bonchev–Trinajstić information content (AvgIpc) is 2.87. The van der Waals surface area contributed by atoms with E-state index in [-0.39, 0.29) is 17.6 Å². The molecule has 7 heteroatoms. The number of carbonyl (C=O) groups excluding carboxylic acids is 1. The molecule has 0 fully saturated rings. The van der Waals surface area contributed by atoms with Gasteiger partial charge in [-0.2, -0.15) is 0 Å². The molecule has 0 aromatic carbocycles. The van der Waals surface area contributed by atoms with Gasteiger partial charge in [0.05, 0.1) is 11.4 Å². The van der Waals surface area contributed by atoms with Crippen molar-refractivity contribution in [2.75, 3.05) is 16.8 Å². The Morgan fingerprint density at radius 2 is 2.30 bits per heavy atom. The van der Waals surface area contributed by atoms with Crippen LogP contribution in [0, 0.1) is 0 Å². The second-order valence-corrected chi connectivity index (χ2v) is 5.58. The molecular formula is C13H16N4O2S. The van der Waals surface area contributed by atoms with Gasteiger partial charge >= 0.3 is 0 Å². The highest BCUT2D eigenvalue weighted by atomic mass is 32.2. The predicted octanol–water partition coefficient (Wildman–Crippen LogP) is 2.51. The van der Waals surface area contributed by atoms with Gasteiger partial charge in [-0.25, -0.2) is 4.98 Å². The molecule has 2 rings (SSSR count). The fourth-order valence-corrected chi connectivity index (χ4v) is 2.08. The van der Waals surface area contributed by atoms with Crippen molar-refractivity contribution in [3.63, 3.8) is 0 Å². The smallest absolute Gasteiger partial charge is 0.237 e. The van der Waals surface area contributed by atoms with E-state index in [1.165, 1.54) is 11.8 Å². The van der Waals surface area contributed by atoms with Crippen LogP contribution in [0.25, 0.3) is 0 Å². The van der Waals surface area contributed by atoms with E-state index in [9.17, 15) is 4.79 Å². The third kappa shape index (κ3) is 3.99. The number of nitrogens with zero attached hydrogens (tertiary/aromatic N) is 2. The van der Waals surface area contributed by atoms with E-state index < -0.39 is 0 Å². The number of anilines is 2. The second kappa shape index (κ2) is 6.42. The molecule has 0 spiro atoms. The number of nitrogens with two attached hydrogens (primary N) is 1. The highest BCUT2D eigenvalue weighted by Gasteiger charge is 2.10. The molecule has 20 heavy (non-hydrogen) atoms. The SMILES string of the molecule is CC(C)c1cc(NC(=O)CSc2ccc(N)nc2)on1. The van der Waals surface area contributed by atoms with Crippen LogP contribution in [0.5, 0.6) is 0 Å². The summed E-state index contributed by atoms with van der Waals surface area (Å²) in [5, 5.41) is 6.54.